The zero-order valence-corrected chi connectivity index (χ0v) is 9.34. The van der Waals surface area contributed by atoms with Crippen molar-refractivity contribution in [2.24, 2.45) is 0 Å². The Morgan fingerprint density at radius 2 is 1.94 bits per heavy atom. The molecule has 0 unspecified atom stereocenters. The lowest BCUT2D eigenvalue weighted by Crippen LogP contribution is -1.94. The lowest BCUT2D eigenvalue weighted by molar-refractivity contribution is 0.578. The van der Waals surface area contributed by atoms with Crippen LogP contribution in [0.15, 0.2) is 47.1 Å². The van der Waals surface area contributed by atoms with Crippen molar-refractivity contribution in [1.29, 1.82) is 0 Å². The maximum atomic E-state index is 5.51. The SMILES string of the molecule is Cc1cc2cc(Nc3ncccn3)ccc2o1. The molecule has 3 aromatic rings. The Kier molecular flexibility index (Phi) is 2.26. The van der Waals surface area contributed by atoms with Crippen molar-refractivity contribution in [3.05, 3.63) is 48.5 Å². The van der Waals surface area contributed by atoms with Gasteiger partial charge in [0.25, 0.3) is 0 Å². The summed E-state index contributed by atoms with van der Waals surface area (Å²) >= 11 is 0. The first-order valence-corrected chi connectivity index (χ1v) is 5.35. The normalized spacial score (nSPS) is 10.6. The molecule has 2 heterocycles. The van der Waals surface area contributed by atoms with Crippen molar-refractivity contribution >= 4 is 22.6 Å². The summed E-state index contributed by atoms with van der Waals surface area (Å²) in [5.41, 5.74) is 1.84. The molecule has 3 rings (SSSR count). The van der Waals surface area contributed by atoms with Crippen molar-refractivity contribution in [2.45, 2.75) is 6.92 Å². The van der Waals surface area contributed by atoms with Crippen molar-refractivity contribution in [2.75, 3.05) is 5.32 Å². The van der Waals surface area contributed by atoms with E-state index in [-0.39, 0.29) is 0 Å². The molecule has 84 valence electrons. The Morgan fingerprint density at radius 3 is 2.76 bits per heavy atom. The summed E-state index contributed by atoms with van der Waals surface area (Å²) in [7, 11) is 0. The predicted octanol–water partition coefficient (Wildman–Crippen LogP) is 3.27. The quantitative estimate of drug-likeness (QED) is 0.727. The molecule has 1 aromatic carbocycles. The van der Waals surface area contributed by atoms with E-state index in [1.807, 2.05) is 31.2 Å². The monoisotopic (exact) mass is 225 g/mol. The van der Waals surface area contributed by atoms with Crippen LogP contribution in [-0.4, -0.2) is 9.97 Å². The largest absolute Gasteiger partial charge is 0.461 e. The van der Waals surface area contributed by atoms with Crippen LogP contribution < -0.4 is 5.32 Å². The third-order valence-electron chi connectivity index (χ3n) is 2.46. The van der Waals surface area contributed by atoms with Crippen LogP contribution in [-0.2, 0) is 0 Å². The van der Waals surface area contributed by atoms with E-state index in [9.17, 15) is 0 Å². The summed E-state index contributed by atoms with van der Waals surface area (Å²) in [6.07, 6.45) is 3.41. The van der Waals surface area contributed by atoms with E-state index in [4.69, 9.17) is 4.42 Å². The summed E-state index contributed by atoms with van der Waals surface area (Å²) in [5.74, 6) is 1.50. The minimum absolute atomic E-state index is 0.590. The van der Waals surface area contributed by atoms with Gasteiger partial charge in [0, 0.05) is 23.5 Å². The Morgan fingerprint density at radius 1 is 1.12 bits per heavy atom. The fraction of sp³-hybridized carbons (Fsp3) is 0.0769. The molecule has 17 heavy (non-hydrogen) atoms. The Bertz CT molecular complexity index is 646. The van der Waals surface area contributed by atoms with Gasteiger partial charge in [-0.15, -0.1) is 0 Å². The van der Waals surface area contributed by atoms with Gasteiger partial charge in [0.2, 0.25) is 5.95 Å². The van der Waals surface area contributed by atoms with Gasteiger partial charge >= 0.3 is 0 Å². The average molecular weight is 225 g/mol. The molecular weight excluding hydrogens is 214 g/mol. The number of hydrogen-bond donors (Lipinski definition) is 1. The molecule has 0 aliphatic carbocycles. The lowest BCUT2D eigenvalue weighted by atomic mass is 10.2. The third-order valence-corrected chi connectivity index (χ3v) is 2.46. The molecule has 0 spiro atoms. The van der Waals surface area contributed by atoms with Crippen molar-refractivity contribution in [3.8, 4) is 0 Å². The van der Waals surface area contributed by atoms with E-state index < -0.39 is 0 Å². The number of fused-ring (bicyclic) bond motifs is 1. The molecule has 4 nitrogen and oxygen atoms in total. The molecule has 0 aliphatic heterocycles. The predicted molar refractivity (Wildman–Crippen MR) is 66.3 cm³/mol. The van der Waals surface area contributed by atoms with Gasteiger partial charge in [-0.25, -0.2) is 9.97 Å². The Balaban J connectivity index is 1.95. The molecule has 2 aromatic heterocycles. The highest BCUT2D eigenvalue weighted by Crippen LogP contribution is 2.23. The highest BCUT2D eigenvalue weighted by Gasteiger charge is 2.02. The minimum Gasteiger partial charge on any atom is -0.461 e. The van der Waals surface area contributed by atoms with Crippen LogP contribution in [0.25, 0.3) is 11.0 Å². The number of nitrogens with one attached hydrogen (secondary N) is 1. The van der Waals surface area contributed by atoms with Gasteiger partial charge in [-0.1, -0.05) is 0 Å². The van der Waals surface area contributed by atoms with E-state index in [0.717, 1.165) is 22.4 Å². The molecule has 0 saturated carbocycles. The second-order valence-corrected chi connectivity index (χ2v) is 3.81. The average Bonchev–Trinajstić information content (AvgIpc) is 2.70. The number of benzene rings is 1. The first kappa shape index (κ1) is 9.84. The van der Waals surface area contributed by atoms with Crippen molar-refractivity contribution in [1.82, 2.24) is 9.97 Å². The number of anilines is 2. The molecular formula is C13H11N3O. The molecule has 0 radical (unpaired) electrons. The molecule has 0 atom stereocenters. The molecule has 0 saturated heterocycles. The number of nitrogens with zero attached hydrogens (tertiary/aromatic N) is 2. The van der Waals surface area contributed by atoms with Crippen LogP contribution >= 0.6 is 0 Å². The second kappa shape index (κ2) is 3.90. The molecule has 4 heteroatoms. The molecule has 0 bridgehead atoms. The standard InChI is InChI=1S/C13H11N3O/c1-9-7-10-8-11(3-4-12(10)17-9)16-13-14-5-2-6-15-13/h2-8H,1H3,(H,14,15,16). The minimum atomic E-state index is 0.590. The van der Waals surface area contributed by atoms with Crippen LogP contribution in [0.5, 0.6) is 0 Å². The summed E-state index contributed by atoms with van der Waals surface area (Å²) in [6, 6.07) is 9.69. The number of aryl methyl sites for hydroxylation is 1. The molecule has 0 amide bonds. The second-order valence-electron chi connectivity index (χ2n) is 3.81. The number of rotatable bonds is 2. The van der Waals surface area contributed by atoms with E-state index in [1.54, 1.807) is 18.5 Å². The smallest absolute Gasteiger partial charge is 0.227 e. The molecule has 0 aliphatic rings. The fourth-order valence-electron chi connectivity index (χ4n) is 1.75. The number of hydrogen-bond acceptors (Lipinski definition) is 4. The summed E-state index contributed by atoms with van der Waals surface area (Å²) in [6.45, 7) is 1.94. The van der Waals surface area contributed by atoms with Gasteiger partial charge in [0.15, 0.2) is 0 Å². The van der Waals surface area contributed by atoms with Gasteiger partial charge in [-0.3, -0.25) is 0 Å². The third kappa shape index (κ3) is 1.97. The van der Waals surface area contributed by atoms with Gasteiger partial charge < -0.3 is 9.73 Å². The van der Waals surface area contributed by atoms with Crippen LogP contribution in [0.1, 0.15) is 5.76 Å². The topological polar surface area (TPSA) is 51.0 Å². The van der Waals surface area contributed by atoms with Crippen LogP contribution in [0.3, 0.4) is 0 Å². The van der Waals surface area contributed by atoms with E-state index in [1.165, 1.54) is 0 Å². The number of furan rings is 1. The van der Waals surface area contributed by atoms with E-state index >= 15 is 0 Å². The molecule has 1 N–H and O–H groups in total. The summed E-state index contributed by atoms with van der Waals surface area (Å²) < 4.78 is 5.51. The van der Waals surface area contributed by atoms with Gasteiger partial charge in [0.05, 0.1) is 0 Å². The first-order valence-electron chi connectivity index (χ1n) is 5.35. The van der Waals surface area contributed by atoms with Crippen molar-refractivity contribution in [3.63, 3.8) is 0 Å². The highest BCUT2D eigenvalue weighted by molar-refractivity contribution is 5.82. The Labute approximate surface area is 98.3 Å². The van der Waals surface area contributed by atoms with Crippen LogP contribution in [0, 0.1) is 6.92 Å². The van der Waals surface area contributed by atoms with Crippen LogP contribution in [0.2, 0.25) is 0 Å². The van der Waals surface area contributed by atoms with E-state index in [0.29, 0.717) is 5.95 Å². The first-order chi connectivity index (χ1) is 8.31. The fourth-order valence-corrected chi connectivity index (χ4v) is 1.75. The highest BCUT2D eigenvalue weighted by atomic mass is 16.3. The maximum absolute atomic E-state index is 5.51. The summed E-state index contributed by atoms with van der Waals surface area (Å²) in [5, 5.41) is 4.21. The van der Waals surface area contributed by atoms with Crippen molar-refractivity contribution < 1.29 is 4.42 Å². The molecule has 0 fully saturated rings. The van der Waals surface area contributed by atoms with Gasteiger partial charge in [0.1, 0.15) is 11.3 Å². The lowest BCUT2D eigenvalue weighted by Gasteiger charge is -2.03. The number of aromatic nitrogens is 2. The Hall–Kier alpha value is -2.36. The van der Waals surface area contributed by atoms with Gasteiger partial charge in [-0.05, 0) is 37.3 Å². The zero-order chi connectivity index (χ0) is 11.7. The van der Waals surface area contributed by atoms with Gasteiger partial charge in [-0.2, -0.15) is 0 Å². The van der Waals surface area contributed by atoms with Crippen LogP contribution in [0.4, 0.5) is 11.6 Å². The zero-order valence-electron chi connectivity index (χ0n) is 9.34. The summed E-state index contributed by atoms with van der Waals surface area (Å²) in [4.78, 5) is 8.23. The van der Waals surface area contributed by atoms with E-state index in [2.05, 4.69) is 15.3 Å². The maximum Gasteiger partial charge on any atom is 0.227 e.